The summed E-state index contributed by atoms with van der Waals surface area (Å²) in [5, 5.41) is 10.2. The molecule has 1 amide bonds. The van der Waals surface area contributed by atoms with Crippen LogP contribution in [-0.2, 0) is 6.54 Å². The van der Waals surface area contributed by atoms with Crippen LogP contribution in [0.3, 0.4) is 0 Å². The van der Waals surface area contributed by atoms with E-state index in [0.717, 1.165) is 0 Å². The Hall–Kier alpha value is -2.72. The standard InChI is InChI=1S/C14H14FN5O/c15-12-3-4-13(11(10-12)2-1-5-16)14(21)17-6-8-20-9-7-18-19-20/h3-4,7,9-10H,5-6,8,16H2,(H,17,21). The molecular formula is C14H14FN5O. The molecule has 1 aromatic heterocycles. The second-order valence-corrected chi connectivity index (χ2v) is 4.12. The van der Waals surface area contributed by atoms with E-state index in [1.54, 1.807) is 17.1 Å². The van der Waals surface area contributed by atoms with E-state index < -0.39 is 5.82 Å². The van der Waals surface area contributed by atoms with Gasteiger partial charge in [-0.25, -0.2) is 4.39 Å². The lowest BCUT2D eigenvalue weighted by molar-refractivity contribution is 0.0951. The monoisotopic (exact) mass is 287 g/mol. The highest BCUT2D eigenvalue weighted by Crippen LogP contribution is 2.10. The molecule has 1 aromatic carbocycles. The number of amides is 1. The van der Waals surface area contributed by atoms with Crippen LogP contribution >= 0.6 is 0 Å². The van der Waals surface area contributed by atoms with Gasteiger partial charge in [-0.2, -0.15) is 0 Å². The van der Waals surface area contributed by atoms with Gasteiger partial charge in [0.1, 0.15) is 5.82 Å². The van der Waals surface area contributed by atoms with Crippen LogP contribution < -0.4 is 11.1 Å². The summed E-state index contributed by atoms with van der Waals surface area (Å²) >= 11 is 0. The van der Waals surface area contributed by atoms with Crippen molar-refractivity contribution in [2.24, 2.45) is 5.73 Å². The summed E-state index contributed by atoms with van der Waals surface area (Å²) in [6, 6.07) is 3.84. The predicted molar refractivity (Wildman–Crippen MR) is 74.7 cm³/mol. The topological polar surface area (TPSA) is 85.8 Å². The lowest BCUT2D eigenvalue weighted by atomic mass is 10.1. The van der Waals surface area contributed by atoms with Crippen molar-refractivity contribution in [3.05, 3.63) is 47.5 Å². The molecule has 0 fully saturated rings. The van der Waals surface area contributed by atoms with Gasteiger partial charge in [-0.1, -0.05) is 17.1 Å². The summed E-state index contributed by atoms with van der Waals surface area (Å²) in [5.41, 5.74) is 5.93. The molecule has 0 aliphatic heterocycles. The van der Waals surface area contributed by atoms with Crippen LogP contribution in [0.1, 0.15) is 15.9 Å². The third kappa shape index (κ3) is 4.12. The Morgan fingerprint density at radius 2 is 2.33 bits per heavy atom. The first kappa shape index (κ1) is 14.7. The summed E-state index contributed by atoms with van der Waals surface area (Å²) in [5.74, 6) is 4.54. The first-order chi connectivity index (χ1) is 10.2. The van der Waals surface area contributed by atoms with E-state index in [1.165, 1.54) is 18.2 Å². The molecule has 6 nitrogen and oxygen atoms in total. The van der Waals surface area contributed by atoms with E-state index in [2.05, 4.69) is 27.5 Å². The number of hydrogen-bond acceptors (Lipinski definition) is 4. The number of nitrogens with two attached hydrogens (primary N) is 1. The second kappa shape index (κ2) is 7.17. The molecular weight excluding hydrogens is 273 g/mol. The molecule has 0 aliphatic carbocycles. The van der Waals surface area contributed by atoms with Crippen molar-refractivity contribution < 1.29 is 9.18 Å². The van der Waals surface area contributed by atoms with E-state index in [-0.39, 0.29) is 12.5 Å². The number of aromatic nitrogens is 3. The van der Waals surface area contributed by atoms with Gasteiger partial charge in [-0.05, 0) is 18.2 Å². The number of hydrogen-bond donors (Lipinski definition) is 2. The Bertz CT molecular complexity index is 672. The third-order valence-electron chi connectivity index (χ3n) is 2.65. The molecule has 2 aromatic rings. The average molecular weight is 287 g/mol. The molecule has 1 heterocycles. The zero-order valence-corrected chi connectivity index (χ0v) is 11.2. The largest absolute Gasteiger partial charge is 0.350 e. The highest BCUT2D eigenvalue weighted by Gasteiger charge is 2.10. The Balaban J connectivity index is 2.04. The number of benzene rings is 1. The van der Waals surface area contributed by atoms with E-state index in [1.807, 2.05) is 0 Å². The minimum atomic E-state index is -0.449. The van der Waals surface area contributed by atoms with E-state index in [0.29, 0.717) is 24.2 Å². The average Bonchev–Trinajstić information content (AvgIpc) is 2.98. The Morgan fingerprint density at radius 1 is 1.48 bits per heavy atom. The fraction of sp³-hybridized carbons (Fsp3) is 0.214. The molecule has 0 bridgehead atoms. The van der Waals surface area contributed by atoms with Gasteiger partial charge in [-0.15, -0.1) is 5.10 Å². The van der Waals surface area contributed by atoms with Crippen molar-refractivity contribution in [1.29, 1.82) is 0 Å². The van der Waals surface area contributed by atoms with Crippen LogP contribution in [-0.4, -0.2) is 34.0 Å². The van der Waals surface area contributed by atoms with Crippen molar-refractivity contribution in [1.82, 2.24) is 20.3 Å². The highest BCUT2D eigenvalue weighted by molar-refractivity contribution is 5.96. The number of nitrogens with one attached hydrogen (secondary N) is 1. The molecule has 2 rings (SSSR count). The van der Waals surface area contributed by atoms with Crippen molar-refractivity contribution in [3.8, 4) is 11.8 Å². The van der Waals surface area contributed by atoms with Gasteiger partial charge in [0.2, 0.25) is 0 Å². The molecule has 0 saturated carbocycles. The maximum Gasteiger partial charge on any atom is 0.252 e. The van der Waals surface area contributed by atoms with E-state index >= 15 is 0 Å². The van der Waals surface area contributed by atoms with Gasteiger partial charge in [0.05, 0.1) is 24.8 Å². The quantitative estimate of drug-likeness (QED) is 0.784. The van der Waals surface area contributed by atoms with Crippen LogP contribution in [0.25, 0.3) is 0 Å². The minimum absolute atomic E-state index is 0.143. The molecule has 0 unspecified atom stereocenters. The zero-order valence-electron chi connectivity index (χ0n) is 11.2. The summed E-state index contributed by atoms with van der Waals surface area (Å²) in [6.45, 7) is 1.02. The van der Waals surface area contributed by atoms with Crippen molar-refractivity contribution >= 4 is 5.91 Å². The number of nitrogens with zero attached hydrogens (tertiary/aromatic N) is 3. The molecule has 21 heavy (non-hydrogen) atoms. The molecule has 0 spiro atoms. The summed E-state index contributed by atoms with van der Waals surface area (Å²) in [7, 11) is 0. The van der Waals surface area contributed by atoms with Gasteiger partial charge in [0.15, 0.2) is 0 Å². The third-order valence-corrected chi connectivity index (χ3v) is 2.65. The van der Waals surface area contributed by atoms with Crippen LogP contribution in [0.5, 0.6) is 0 Å². The van der Waals surface area contributed by atoms with E-state index in [4.69, 9.17) is 5.73 Å². The normalized spacial score (nSPS) is 9.81. The Kier molecular flexibility index (Phi) is 5.01. The highest BCUT2D eigenvalue weighted by atomic mass is 19.1. The molecule has 108 valence electrons. The van der Waals surface area contributed by atoms with Crippen molar-refractivity contribution in [2.45, 2.75) is 6.54 Å². The fourth-order valence-electron chi connectivity index (χ4n) is 1.70. The summed E-state index contributed by atoms with van der Waals surface area (Å²) in [4.78, 5) is 12.1. The molecule has 0 atom stereocenters. The molecule has 0 aliphatic rings. The van der Waals surface area contributed by atoms with Crippen LogP contribution in [0.15, 0.2) is 30.6 Å². The van der Waals surface area contributed by atoms with Gasteiger partial charge in [-0.3, -0.25) is 9.48 Å². The second-order valence-electron chi connectivity index (χ2n) is 4.12. The Morgan fingerprint density at radius 3 is 3.05 bits per heavy atom. The number of halogens is 1. The maximum atomic E-state index is 13.2. The zero-order chi connectivity index (χ0) is 15.1. The summed E-state index contributed by atoms with van der Waals surface area (Å²) < 4.78 is 14.8. The number of carbonyl (C=O) groups excluding carboxylic acids is 1. The van der Waals surface area contributed by atoms with Gasteiger partial charge in [0.25, 0.3) is 5.91 Å². The molecule has 0 radical (unpaired) electrons. The SMILES string of the molecule is NCC#Cc1cc(F)ccc1C(=O)NCCn1ccnn1. The predicted octanol–water partition coefficient (Wildman–Crippen LogP) is 0.157. The van der Waals surface area contributed by atoms with Gasteiger partial charge in [0, 0.05) is 18.3 Å². The van der Waals surface area contributed by atoms with Gasteiger partial charge < -0.3 is 11.1 Å². The molecule has 7 heteroatoms. The van der Waals surface area contributed by atoms with Crippen LogP contribution in [0.2, 0.25) is 0 Å². The first-order valence-electron chi connectivity index (χ1n) is 6.31. The fourth-order valence-corrected chi connectivity index (χ4v) is 1.70. The van der Waals surface area contributed by atoms with Crippen molar-refractivity contribution in [2.75, 3.05) is 13.1 Å². The van der Waals surface area contributed by atoms with Crippen molar-refractivity contribution in [3.63, 3.8) is 0 Å². The summed E-state index contributed by atoms with van der Waals surface area (Å²) in [6.07, 6.45) is 3.25. The lowest BCUT2D eigenvalue weighted by Gasteiger charge is -2.07. The minimum Gasteiger partial charge on any atom is -0.350 e. The number of rotatable bonds is 4. The van der Waals surface area contributed by atoms with E-state index in [9.17, 15) is 9.18 Å². The molecule has 3 N–H and O–H groups in total. The van der Waals surface area contributed by atoms with Crippen LogP contribution in [0, 0.1) is 17.7 Å². The lowest BCUT2D eigenvalue weighted by Crippen LogP contribution is -2.28. The van der Waals surface area contributed by atoms with Gasteiger partial charge >= 0.3 is 0 Å². The Labute approximate surface area is 121 Å². The first-order valence-corrected chi connectivity index (χ1v) is 6.31. The number of carbonyl (C=O) groups is 1. The molecule has 0 saturated heterocycles. The van der Waals surface area contributed by atoms with Crippen LogP contribution in [0.4, 0.5) is 4.39 Å². The smallest absolute Gasteiger partial charge is 0.252 e. The maximum absolute atomic E-state index is 13.2.